The zero-order valence-corrected chi connectivity index (χ0v) is 30.7. The predicted octanol–water partition coefficient (Wildman–Crippen LogP) is 5.95. The maximum atomic E-state index is 13.6. The number of imidazole rings is 2. The molecule has 0 spiro atoms. The first-order valence-electron chi connectivity index (χ1n) is 18.9. The maximum absolute atomic E-state index is 13.6. The van der Waals surface area contributed by atoms with Gasteiger partial charge in [0.25, 0.3) is 0 Å². The van der Waals surface area contributed by atoms with E-state index in [0.717, 1.165) is 67.5 Å². The Morgan fingerprint density at radius 3 is 2.15 bits per heavy atom. The first-order valence-corrected chi connectivity index (χ1v) is 18.9. The molecule has 2 aromatic carbocycles. The van der Waals surface area contributed by atoms with E-state index in [2.05, 4.69) is 30.6 Å². The summed E-state index contributed by atoms with van der Waals surface area (Å²) in [5.74, 6) is 3.23. The van der Waals surface area contributed by atoms with E-state index in [-0.39, 0.29) is 36.2 Å². The lowest BCUT2D eigenvalue weighted by molar-refractivity contribution is -0.135. The topological polar surface area (TPSA) is 204 Å². The second-order valence-electron chi connectivity index (χ2n) is 14.6. The fourth-order valence-corrected chi connectivity index (χ4v) is 7.51. The molecule has 5 N–H and O–H groups in total. The van der Waals surface area contributed by atoms with Gasteiger partial charge in [-0.1, -0.05) is 6.92 Å². The quantitative estimate of drug-likeness (QED) is 0.0957. The number of amides is 4. The van der Waals surface area contributed by atoms with Crippen LogP contribution < -0.4 is 20.1 Å². The van der Waals surface area contributed by atoms with E-state index in [9.17, 15) is 24.3 Å². The van der Waals surface area contributed by atoms with E-state index in [1.807, 2.05) is 48.2 Å². The van der Waals surface area contributed by atoms with Crippen LogP contribution in [0.3, 0.4) is 0 Å². The molecule has 2 aromatic heterocycles. The summed E-state index contributed by atoms with van der Waals surface area (Å²) in [4.78, 5) is 69.7. The lowest BCUT2D eigenvalue weighted by Gasteiger charge is -2.28. The van der Waals surface area contributed by atoms with Gasteiger partial charge in [0, 0.05) is 24.2 Å². The number of aromatic nitrogens is 4. The molecule has 0 radical (unpaired) electrons. The second kappa shape index (κ2) is 15.0. The van der Waals surface area contributed by atoms with Gasteiger partial charge in [0.1, 0.15) is 23.7 Å². The van der Waals surface area contributed by atoms with Gasteiger partial charge in [-0.2, -0.15) is 0 Å². The SMILES string of the molecule is CCCN(Cc1ncc(-c2ccc3c(c2)Oc2ccc(-c4cnc(C5CCCN5C(=O)C(NC(=O)OC)C5CC5)[nH]4)cc2O3)[nH]1)C(=O)C(NC(=O)O)C1CC1. The van der Waals surface area contributed by atoms with Gasteiger partial charge in [-0.3, -0.25) is 9.59 Å². The van der Waals surface area contributed by atoms with Gasteiger partial charge < -0.3 is 49.7 Å². The zero-order chi connectivity index (χ0) is 38.2. The number of alkyl carbamates (subject to hydrolysis) is 1. The summed E-state index contributed by atoms with van der Waals surface area (Å²) < 4.78 is 17.4. The summed E-state index contributed by atoms with van der Waals surface area (Å²) in [6.07, 6.45) is 7.41. The molecule has 16 heteroatoms. The van der Waals surface area contributed by atoms with Crippen LogP contribution in [0.25, 0.3) is 22.5 Å². The molecule has 2 aliphatic heterocycles. The molecule has 16 nitrogen and oxygen atoms in total. The summed E-state index contributed by atoms with van der Waals surface area (Å²) in [6, 6.07) is 9.64. The summed E-state index contributed by atoms with van der Waals surface area (Å²) >= 11 is 0. The number of nitrogens with zero attached hydrogens (tertiary/aromatic N) is 4. The standard InChI is InChI=1S/C39H44N8O8/c1-3-14-46(36(48)33(21-6-7-21)44-38(50)51)20-32-40-18-25(42-32)23-10-12-28-30(16-23)54-29-13-11-24(17-31(29)55-28)26-19-41-35(43-26)27-5-4-15-47(27)37(49)34(22-8-9-22)45-39(52)53-2/h10-13,16-19,21-22,27,33-34,44H,3-9,14-15,20H2,1-2H3,(H,40,42)(H,41,43)(H,45,52)(H,50,51). The van der Waals surface area contributed by atoms with Crippen molar-refractivity contribution in [1.82, 2.24) is 40.4 Å². The van der Waals surface area contributed by atoms with Gasteiger partial charge in [-0.25, -0.2) is 19.6 Å². The minimum absolute atomic E-state index is 0.0269. The molecule has 288 valence electrons. The Hall–Kier alpha value is -6.06. The molecule has 4 heterocycles. The maximum Gasteiger partial charge on any atom is 0.407 e. The third kappa shape index (κ3) is 7.66. The van der Waals surface area contributed by atoms with E-state index in [1.165, 1.54) is 7.11 Å². The lowest BCUT2D eigenvalue weighted by Crippen LogP contribution is -2.49. The number of methoxy groups -OCH3 is 1. The van der Waals surface area contributed by atoms with Crippen LogP contribution in [-0.4, -0.2) is 91.1 Å². The van der Waals surface area contributed by atoms with E-state index >= 15 is 0 Å². The summed E-state index contributed by atoms with van der Waals surface area (Å²) in [6.45, 7) is 3.26. The molecule has 3 atom stereocenters. The van der Waals surface area contributed by atoms with Crippen LogP contribution in [0.4, 0.5) is 9.59 Å². The molecule has 4 amide bonds. The van der Waals surface area contributed by atoms with Crippen molar-refractivity contribution in [1.29, 1.82) is 0 Å². The van der Waals surface area contributed by atoms with Gasteiger partial charge in [-0.05, 0) is 93.2 Å². The molecule has 3 unspecified atom stereocenters. The highest BCUT2D eigenvalue weighted by atomic mass is 16.6. The van der Waals surface area contributed by atoms with E-state index in [1.54, 1.807) is 17.3 Å². The molecule has 1 saturated heterocycles. The summed E-state index contributed by atoms with van der Waals surface area (Å²) in [5, 5.41) is 14.5. The first-order chi connectivity index (χ1) is 26.7. The van der Waals surface area contributed by atoms with E-state index in [4.69, 9.17) is 14.2 Å². The molecule has 0 bridgehead atoms. The molecular formula is C39H44N8O8. The van der Waals surface area contributed by atoms with Crippen LogP contribution in [-0.2, 0) is 20.9 Å². The van der Waals surface area contributed by atoms with Crippen molar-refractivity contribution in [3.05, 3.63) is 60.4 Å². The number of hydrogen-bond donors (Lipinski definition) is 5. The minimum atomic E-state index is -1.20. The van der Waals surface area contributed by atoms with Gasteiger partial charge >= 0.3 is 12.2 Å². The Morgan fingerprint density at radius 2 is 1.53 bits per heavy atom. The number of fused-ring (bicyclic) bond motifs is 2. The number of likely N-dealkylation sites (tertiary alicyclic amines) is 1. The number of H-pyrrole nitrogens is 2. The number of aromatic amines is 2. The van der Waals surface area contributed by atoms with Crippen LogP contribution in [0.2, 0.25) is 0 Å². The van der Waals surface area contributed by atoms with Crippen LogP contribution in [0.1, 0.15) is 69.6 Å². The van der Waals surface area contributed by atoms with Gasteiger partial charge in [0.05, 0.1) is 43.5 Å². The normalized spacial score (nSPS) is 18.2. The molecule has 8 rings (SSSR count). The van der Waals surface area contributed by atoms with Crippen molar-refractivity contribution < 1.29 is 38.5 Å². The highest BCUT2D eigenvalue weighted by Crippen LogP contribution is 2.48. The number of carboxylic acid groups (broad SMARTS) is 1. The Morgan fingerprint density at radius 1 is 0.891 bits per heavy atom. The Balaban J connectivity index is 0.934. The second-order valence-corrected chi connectivity index (χ2v) is 14.6. The predicted molar refractivity (Wildman–Crippen MR) is 197 cm³/mol. The third-order valence-electron chi connectivity index (χ3n) is 10.6. The Kier molecular flexibility index (Phi) is 9.80. The fraction of sp³-hybridized carbons (Fsp3) is 0.436. The highest BCUT2D eigenvalue weighted by Gasteiger charge is 2.43. The zero-order valence-electron chi connectivity index (χ0n) is 30.7. The number of ether oxygens (including phenoxy) is 3. The highest BCUT2D eigenvalue weighted by molar-refractivity contribution is 5.87. The van der Waals surface area contributed by atoms with Crippen molar-refractivity contribution in [3.63, 3.8) is 0 Å². The minimum Gasteiger partial charge on any atom is -0.465 e. The molecule has 4 aromatic rings. The lowest BCUT2D eigenvalue weighted by atomic mass is 10.1. The number of hydrogen-bond acceptors (Lipinski definition) is 9. The number of carbonyl (C=O) groups excluding carboxylic acids is 3. The van der Waals surface area contributed by atoms with Gasteiger partial charge in [0.15, 0.2) is 23.0 Å². The number of carbonyl (C=O) groups is 4. The van der Waals surface area contributed by atoms with Crippen molar-refractivity contribution >= 4 is 24.0 Å². The average molecular weight is 753 g/mol. The van der Waals surface area contributed by atoms with Crippen LogP contribution in [0.15, 0.2) is 48.8 Å². The molecule has 55 heavy (non-hydrogen) atoms. The van der Waals surface area contributed by atoms with Crippen molar-refractivity contribution in [2.45, 2.75) is 76.5 Å². The molecule has 2 saturated carbocycles. The molecular weight excluding hydrogens is 708 g/mol. The van der Waals surface area contributed by atoms with Gasteiger partial charge in [0.2, 0.25) is 11.8 Å². The van der Waals surface area contributed by atoms with Gasteiger partial charge in [-0.15, -0.1) is 0 Å². The summed E-state index contributed by atoms with van der Waals surface area (Å²) in [5.41, 5.74) is 3.15. The average Bonchev–Trinajstić information content (AvgIpc) is 4.05. The Bertz CT molecular complexity index is 2110. The smallest absolute Gasteiger partial charge is 0.407 e. The van der Waals surface area contributed by atoms with Crippen molar-refractivity contribution in [2.24, 2.45) is 11.8 Å². The Labute approximate surface area is 317 Å². The van der Waals surface area contributed by atoms with Crippen LogP contribution in [0.5, 0.6) is 23.0 Å². The van der Waals surface area contributed by atoms with E-state index in [0.29, 0.717) is 47.7 Å². The first kappa shape index (κ1) is 35.9. The largest absolute Gasteiger partial charge is 0.465 e. The fourth-order valence-electron chi connectivity index (χ4n) is 7.51. The number of benzene rings is 2. The van der Waals surface area contributed by atoms with E-state index < -0.39 is 24.3 Å². The van der Waals surface area contributed by atoms with Crippen molar-refractivity contribution in [3.8, 4) is 45.5 Å². The third-order valence-corrected chi connectivity index (χ3v) is 10.6. The molecule has 2 aliphatic carbocycles. The molecule has 3 fully saturated rings. The number of rotatable bonds is 13. The van der Waals surface area contributed by atoms with Crippen molar-refractivity contribution in [2.75, 3.05) is 20.2 Å². The number of nitrogens with one attached hydrogen (secondary N) is 4. The summed E-state index contributed by atoms with van der Waals surface area (Å²) in [7, 11) is 1.30. The van der Waals surface area contributed by atoms with Crippen LogP contribution in [0, 0.1) is 11.8 Å². The van der Waals surface area contributed by atoms with Crippen LogP contribution >= 0.6 is 0 Å². The monoisotopic (exact) mass is 752 g/mol. The molecule has 4 aliphatic rings.